The molecule has 0 N–H and O–H groups in total. The molecule has 81 heavy (non-hydrogen) atoms. The van der Waals surface area contributed by atoms with Crippen LogP contribution in [-0.2, 0) is 21.7 Å². The highest BCUT2D eigenvalue weighted by atomic mass is 32.1. The quantitative estimate of drug-likeness (QED) is 0.164. The molecule has 2 fully saturated rings. The van der Waals surface area contributed by atoms with Crippen molar-refractivity contribution in [1.82, 2.24) is 4.57 Å². The average Bonchev–Trinajstić information content (AvgIpc) is 1.93. The average molecular weight is 1090 g/mol. The standard InChI is InChI=1S/C74H71BN4S2/c1-69(2,3)44-29-33-55-51(39-44)71(7)35-15-17-37-73(71,9)78(55)46-31-32-53-58(41-46)76(57-25-20-28-63-64(57)48-21-11-13-26-61(48)80-63)59-42-47(79-56-34-30-45(70(4,5)6)40-52(56)72(8)36-16-18-38-74(72,79)10)43-60-65(59)75(53)54-24-19-23-50-66(54)77(60)67-49-22-12-14-27-62(49)81-68(50)67/h11-14,19-34,39-43H,15-18,35-38H2,1-10H3. The first-order chi connectivity index (χ1) is 38.9. The summed E-state index contributed by atoms with van der Waals surface area (Å²) in [6.07, 6.45) is 9.63. The van der Waals surface area contributed by atoms with Gasteiger partial charge < -0.3 is 19.3 Å². The van der Waals surface area contributed by atoms with Crippen molar-refractivity contribution >= 4 is 137 Å². The number of anilines is 7. The molecule has 8 aromatic carbocycles. The first kappa shape index (κ1) is 48.9. The summed E-state index contributed by atoms with van der Waals surface area (Å²) in [7, 11) is 0. The predicted molar refractivity (Wildman–Crippen MR) is 351 cm³/mol. The van der Waals surface area contributed by atoms with Crippen molar-refractivity contribution in [3.63, 3.8) is 0 Å². The molecule has 6 aliphatic rings. The molecule has 0 bridgehead atoms. The van der Waals surface area contributed by atoms with E-state index in [0.29, 0.717) is 0 Å². The van der Waals surface area contributed by atoms with Crippen LogP contribution >= 0.6 is 22.7 Å². The van der Waals surface area contributed by atoms with E-state index < -0.39 is 0 Å². The van der Waals surface area contributed by atoms with Crippen LogP contribution in [-0.4, -0.2) is 22.4 Å². The van der Waals surface area contributed by atoms with Gasteiger partial charge in [0.05, 0.1) is 32.5 Å². The minimum Gasteiger partial charge on any atom is -0.334 e. The van der Waals surface area contributed by atoms with Gasteiger partial charge in [-0.05, 0) is 150 Å². The van der Waals surface area contributed by atoms with Crippen molar-refractivity contribution in [2.24, 2.45) is 0 Å². The van der Waals surface area contributed by atoms with Crippen molar-refractivity contribution in [1.29, 1.82) is 0 Å². The first-order valence-electron chi connectivity index (χ1n) is 30.3. The molecule has 7 heteroatoms. The maximum atomic E-state index is 2.87. The second-order valence-electron chi connectivity index (χ2n) is 28.3. The molecule has 7 heterocycles. The normalized spacial score (nSPS) is 23.6. The van der Waals surface area contributed by atoms with Gasteiger partial charge in [-0.3, -0.25) is 0 Å². The Bertz CT molecular complexity index is 4580. The van der Waals surface area contributed by atoms with Crippen LogP contribution in [0.5, 0.6) is 0 Å². The lowest BCUT2D eigenvalue weighted by Gasteiger charge is -2.51. The Morgan fingerprint density at radius 2 is 0.988 bits per heavy atom. The topological polar surface area (TPSA) is 14.7 Å². The van der Waals surface area contributed by atoms with Gasteiger partial charge in [-0.25, -0.2) is 0 Å². The summed E-state index contributed by atoms with van der Waals surface area (Å²) >= 11 is 3.89. The minimum absolute atomic E-state index is 0.000133. The summed E-state index contributed by atoms with van der Waals surface area (Å²) in [6.45, 7) is 24.7. The fourth-order valence-corrected chi connectivity index (χ4v) is 19.9. The molecule has 0 spiro atoms. The third-order valence-electron chi connectivity index (χ3n) is 22.2. The highest BCUT2D eigenvalue weighted by molar-refractivity contribution is 7.27. The molecule has 4 unspecified atom stereocenters. The van der Waals surface area contributed by atoms with Crippen LogP contribution < -0.4 is 31.1 Å². The fourth-order valence-electron chi connectivity index (χ4n) is 17.5. The molecule has 11 aromatic rings. The van der Waals surface area contributed by atoms with Gasteiger partial charge in [0, 0.05) is 86.3 Å². The maximum Gasteiger partial charge on any atom is 0.252 e. The summed E-state index contributed by atoms with van der Waals surface area (Å²) in [5, 5.41) is 5.35. The molecular formula is C74H71BN4S2. The summed E-state index contributed by atoms with van der Waals surface area (Å²) in [6, 6.07) is 60.9. The molecular weight excluding hydrogens is 1020 g/mol. The number of thiophene rings is 2. The van der Waals surface area contributed by atoms with E-state index in [1.165, 1.54) is 174 Å². The first-order valence-corrected chi connectivity index (χ1v) is 31.9. The molecule has 17 rings (SSSR count). The van der Waals surface area contributed by atoms with Crippen molar-refractivity contribution in [3.05, 3.63) is 174 Å². The molecule has 0 amide bonds. The summed E-state index contributed by atoms with van der Waals surface area (Å²) in [4.78, 5) is 8.47. The lowest BCUT2D eigenvalue weighted by atomic mass is 9.33. The van der Waals surface area contributed by atoms with Gasteiger partial charge in [0.25, 0.3) is 6.71 Å². The lowest BCUT2D eigenvalue weighted by molar-refractivity contribution is 0.195. The number of nitrogens with zero attached hydrogens (tertiary/aromatic N) is 4. The van der Waals surface area contributed by atoms with E-state index in [4.69, 9.17) is 0 Å². The minimum atomic E-state index is -0.153. The Labute approximate surface area is 486 Å². The van der Waals surface area contributed by atoms with Crippen LogP contribution in [0.4, 0.5) is 39.8 Å². The Morgan fingerprint density at radius 1 is 0.432 bits per heavy atom. The van der Waals surface area contributed by atoms with Crippen molar-refractivity contribution < 1.29 is 0 Å². The molecule has 2 saturated carbocycles. The SMILES string of the molecule is CC(C)(C)c1ccc2c(c1)C1(C)CCCCC1(C)N2c1ccc2c(c1)N(c1cccc3sc4ccccc4c13)c1cc(N3c4ccc(C(C)(C)C)cc4C4(C)CCCCC34C)cc3c1B2c1cccc2c4sc5ccccc5c4n-3c12. The van der Waals surface area contributed by atoms with Gasteiger partial charge in [-0.1, -0.05) is 172 Å². The second kappa shape index (κ2) is 16.1. The lowest BCUT2D eigenvalue weighted by Crippen LogP contribution is -2.61. The zero-order valence-electron chi connectivity index (χ0n) is 48.8. The van der Waals surface area contributed by atoms with Crippen LogP contribution in [0.1, 0.15) is 143 Å². The number of hydrogen-bond donors (Lipinski definition) is 0. The Balaban J connectivity index is 1.01. The number of para-hydroxylation sites is 1. The van der Waals surface area contributed by atoms with Crippen molar-refractivity contribution in [2.45, 2.75) is 153 Å². The Kier molecular flexibility index (Phi) is 9.68. The molecule has 4 nitrogen and oxygen atoms in total. The van der Waals surface area contributed by atoms with Gasteiger partial charge in [0.1, 0.15) is 0 Å². The third-order valence-corrected chi connectivity index (χ3v) is 24.5. The molecule has 3 aromatic heterocycles. The van der Waals surface area contributed by atoms with E-state index in [2.05, 4.69) is 240 Å². The van der Waals surface area contributed by atoms with Crippen LogP contribution in [0.2, 0.25) is 0 Å². The van der Waals surface area contributed by atoms with Crippen LogP contribution in [0.3, 0.4) is 0 Å². The molecule has 4 aliphatic heterocycles. The maximum absolute atomic E-state index is 2.87. The Hall–Kier alpha value is -6.80. The predicted octanol–water partition coefficient (Wildman–Crippen LogP) is 19.1. The highest BCUT2D eigenvalue weighted by Gasteiger charge is 2.60. The van der Waals surface area contributed by atoms with Crippen LogP contribution in [0.15, 0.2) is 152 Å². The monoisotopic (exact) mass is 1090 g/mol. The van der Waals surface area contributed by atoms with E-state index >= 15 is 0 Å². The van der Waals surface area contributed by atoms with E-state index in [0.717, 1.165) is 12.8 Å². The van der Waals surface area contributed by atoms with Crippen LogP contribution in [0.25, 0.3) is 57.1 Å². The van der Waals surface area contributed by atoms with Crippen molar-refractivity contribution in [2.75, 3.05) is 14.7 Å². The molecule has 402 valence electrons. The summed E-state index contributed by atoms with van der Waals surface area (Å²) in [5.74, 6) is 0. The number of aromatic nitrogens is 1. The van der Waals surface area contributed by atoms with Gasteiger partial charge >= 0.3 is 0 Å². The molecule has 2 aliphatic carbocycles. The highest BCUT2D eigenvalue weighted by Crippen LogP contribution is 2.64. The van der Waals surface area contributed by atoms with Gasteiger partial charge in [-0.15, -0.1) is 22.7 Å². The zero-order valence-corrected chi connectivity index (χ0v) is 50.4. The second-order valence-corrected chi connectivity index (χ2v) is 30.4. The van der Waals surface area contributed by atoms with E-state index in [9.17, 15) is 0 Å². The van der Waals surface area contributed by atoms with Crippen molar-refractivity contribution in [3.8, 4) is 5.69 Å². The summed E-state index contributed by atoms with van der Waals surface area (Å²) < 4.78 is 8.12. The number of fused-ring (bicyclic) bond motifs is 18. The molecule has 4 atom stereocenters. The van der Waals surface area contributed by atoms with E-state index in [1.54, 1.807) is 0 Å². The smallest absolute Gasteiger partial charge is 0.252 e. The van der Waals surface area contributed by atoms with Crippen LogP contribution in [0, 0.1) is 0 Å². The fraction of sp³-hybridized carbons (Fsp3) is 0.324. The number of benzene rings is 8. The molecule has 0 radical (unpaired) electrons. The van der Waals surface area contributed by atoms with E-state index in [1.807, 2.05) is 22.7 Å². The zero-order chi connectivity index (χ0) is 55.1. The van der Waals surface area contributed by atoms with E-state index in [-0.39, 0.29) is 39.5 Å². The summed E-state index contributed by atoms with van der Waals surface area (Å²) in [5.41, 5.74) is 23.0. The number of hydrogen-bond acceptors (Lipinski definition) is 5. The number of rotatable bonds is 3. The largest absolute Gasteiger partial charge is 0.334 e. The third kappa shape index (κ3) is 6.12. The van der Waals surface area contributed by atoms with Gasteiger partial charge in [0.15, 0.2) is 0 Å². The van der Waals surface area contributed by atoms with Gasteiger partial charge in [-0.2, -0.15) is 0 Å². The Morgan fingerprint density at radius 3 is 1.65 bits per heavy atom. The molecule has 0 saturated heterocycles. The van der Waals surface area contributed by atoms with Gasteiger partial charge in [0.2, 0.25) is 0 Å².